The molecule has 1 amide bonds. The van der Waals surface area contributed by atoms with Crippen molar-refractivity contribution in [2.45, 2.75) is 76.7 Å². The van der Waals surface area contributed by atoms with E-state index in [0.717, 1.165) is 30.1 Å². The van der Waals surface area contributed by atoms with Crippen molar-refractivity contribution >= 4 is 17.7 Å². The lowest BCUT2D eigenvalue weighted by atomic mass is 10.1. The summed E-state index contributed by atoms with van der Waals surface area (Å²) in [5.74, 6) is 0.997. The number of carbonyl (C=O) groups excluding carboxylic acids is 1. The first kappa shape index (κ1) is 18.1. The van der Waals surface area contributed by atoms with E-state index in [2.05, 4.69) is 11.1 Å². The Bertz CT molecular complexity index is 699. The summed E-state index contributed by atoms with van der Waals surface area (Å²) in [4.78, 5) is 18.6. The smallest absolute Gasteiger partial charge is 0.410 e. The maximum atomic E-state index is 12.3. The third kappa shape index (κ3) is 3.84. The fourth-order valence-corrected chi connectivity index (χ4v) is 4.39. The van der Waals surface area contributed by atoms with Crippen LogP contribution >= 0.6 is 11.6 Å². The molecule has 2 saturated carbocycles. The van der Waals surface area contributed by atoms with Crippen LogP contribution in [0.3, 0.4) is 0 Å². The molecule has 0 aromatic carbocycles. The average Bonchev–Trinajstić information content (AvgIpc) is 3.21. The van der Waals surface area contributed by atoms with Crippen molar-refractivity contribution in [2.75, 3.05) is 6.54 Å². The normalized spacial score (nSPS) is 27.8. The maximum absolute atomic E-state index is 12.3. The summed E-state index contributed by atoms with van der Waals surface area (Å²) < 4.78 is 11.7. The third-order valence-corrected chi connectivity index (χ3v) is 5.82. The zero-order valence-electron chi connectivity index (χ0n) is 15.7. The Kier molecular flexibility index (Phi) is 4.64. The highest BCUT2D eigenvalue weighted by atomic mass is 35.5. The van der Waals surface area contributed by atoms with E-state index in [0.29, 0.717) is 18.4 Å². The van der Waals surface area contributed by atoms with Crippen LogP contribution in [0.4, 0.5) is 4.79 Å². The molecule has 0 radical (unpaired) electrons. The van der Waals surface area contributed by atoms with Gasteiger partial charge in [0.05, 0.1) is 23.4 Å². The monoisotopic (exact) mass is 378 g/mol. The fraction of sp³-hybridized carbons (Fsp3) is 0.700. The number of hydrogen-bond acceptors (Lipinski definition) is 4. The first-order valence-corrected chi connectivity index (χ1v) is 9.93. The van der Waals surface area contributed by atoms with Crippen molar-refractivity contribution in [3.05, 3.63) is 28.5 Å². The second kappa shape index (κ2) is 6.68. The molecule has 4 rings (SSSR count). The van der Waals surface area contributed by atoms with Crippen molar-refractivity contribution in [3.63, 3.8) is 0 Å². The van der Waals surface area contributed by atoms with Gasteiger partial charge < -0.3 is 14.4 Å². The zero-order valence-corrected chi connectivity index (χ0v) is 16.5. The van der Waals surface area contributed by atoms with Gasteiger partial charge in [0.2, 0.25) is 0 Å². The van der Waals surface area contributed by atoms with Crippen molar-refractivity contribution in [3.8, 4) is 0 Å². The Hall–Kier alpha value is -1.33. The second-order valence-electron chi connectivity index (χ2n) is 8.84. The SMILES string of the molecule is CC(C)(C)OC(=O)N1C[C@H]2C[C@@H]1C[C@@H]2OCc1cc(C2CC2)c(Cl)cn1. The summed E-state index contributed by atoms with van der Waals surface area (Å²) in [6.45, 7) is 6.95. The number of hydrogen-bond donors (Lipinski definition) is 0. The summed E-state index contributed by atoms with van der Waals surface area (Å²) in [5, 5.41) is 0.768. The van der Waals surface area contributed by atoms with Crippen LogP contribution in [0.15, 0.2) is 12.3 Å². The molecule has 3 aliphatic rings. The number of amides is 1. The molecule has 0 spiro atoms. The van der Waals surface area contributed by atoms with Crippen molar-refractivity contribution in [1.82, 2.24) is 9.88 Å². The van der Waals surface area contributed by atoms with E-state index in [-0.39, 0.29) is 18.2 Å². The molecule has 1 saturated heterocycles. The molecule has 3 atom stereocenters. The number of pyridine rings is 1. The number of ether oxygens (including phenoxy) is 2. The van der Waals surface area contributed by atoms with Gasteiger partial charge in [0, 0.05) is 24.7 Å². The van der Waals surface area contributed by atoms with Gasteiger partial charge >= 0.3 is 6.09 Å². The lowest BCUT2D eigenvalue weighted by Crippen LogP contribution is -2.44. The number of aromatic nitrogens is 1. The Morgan fingerprint density at radius 2 is 2.12 bits per heavy atom. The van der Waals surface area contributed by atoms with Gasteiger partial charge in [0.25, 0.3) is 0 Å². The molecular formula is C20H27ClN2O3. The molecule has 2 bridgehead atoms. The highest BCUT2D eigenvalue weighted by Gasteiger charge is 2.48. The van der Waals surface area contributed by atoms with E-state index < -0.39 is 5.60 Å². The predicted octanol–water partition coefficient (Wildman–Crippen LogP) is 4.53. The summed E-state index contributed by atoms with van der Waals surface area (Å²) in [7, 11) is 0. The van der Waals surface area contributed by atoms with Crippen molar-refractivity contribution in [2.24, 2.45) is 5.92 Å². The van der Waals surface area contributed by atoms with Gasteiger partial charge in [-0.15, -0.1) is 0 Å². The molecule has 2 aliphatic carbocycles. The minimum atomic E-state index is -0.450. The first-order valence-electron chi connectivity index (χ1n) is 9.55. The summed E-state index contributed by atoms with van der Waals surface area (Å²) in [6, 6.07) is 2.33. The standard InChI is InChI=1S/C20H27ClN2O3/c1-20(2,3)26-19(24)23-10-13-6-15(23)8-18(13)25-11-14-7-16(12-4-5-12)17(21)9-22-14/h7,9,12-13,15,18H,4-6,8,10-11H2,1-3H3/t13-,15-,18+/m1/s1. The van der Waals surface area contributed by atoms with Crippen molar-refractivity contribution in [1.29, 1.82) is 0 Å². The second-order valence-corrected chi connectivity index (χ2v) is 9.25. The minimum Gasteiger partial charge on any atom is -0.444 e. The molecule has 142 valence electrons. The van der Waals surface area contributed by atoms with Gasteiger partial charge in [0.1, 0.15) is 5.60 Å². The van der Waals surface area contributed by atoms with E-state index in [1.807, 2.05) is 25.7 Å². The van der Waals surface area contributed by atoms with Crippen LogP contribution in [0, 0.1) is 5.92 Å². The van der Waals surface area contributed by atoms with Crippen LogP contribution in [0.5, 0.6) is 0 Å². The Labute approximate surface area is 160 Å². The van der Waals surface area contributed by atoms with Crippen LogP contribution in [0.2, 0.25) is 5.02 Å². The van der Waals surface area contributed by atoms with Gasteiger partial charge in [-0.1, -0.05) is 11.6 Å². The quantitative estimate of drug-likeness (QED) is 0.772. The molecule has 1 aromatic heterocycles. The average molecular weight is 379 g/mol. The third-order valence-electron chi connectivity index (χ3n) is 5.51. The summed E-state index contributed by atoms with van der Waals surface area (Å²) >= 11 is 6.25. The fourth-order valence-electron chi connectivity index (χ4n) is 4.13. The van der Waals surface area contributed by atoms with Crippen LogP contribution in [0.1, 0.15) is 63.6 Å². The largest absolute Gasteiger partial charge is 0.444 e. The van der Waals surface area contributed by atoms with E-state index in [1.54, 1.807) is 6.20 Å². The van der Waals surface area contributed by atoms with Crippen LogP contribution in [0.25, 0.3) is 0 Å². The first-order chi connectivity index (χ1) is 12.3. The Morgan fingerprint density at radius 3 is 2.73 bits per heavy atom. The molecule has 0 N–H and O–H groups in total. The van der Waals surface area contributed by atoms with Gasteiger partial charge in [-0.05, 0) is 64.0 Å². The van der Waals surface area contributed by atoms with Crippen LogP contribution < -0.4 is 0 Å². The number of likely N-dealkylation sites (tertiary alicyclic amines) is 1. The number of piperidine rings is 1. The van der Waals surface area contributed by atoms with E-state index in [9.17, 15) is 4.79 Å². The van der Waals surface area contributed by atoms with Gasteiger partial charge in [-0.3, -0.25) is 4.98 Å². The lowest BCUT2D eigenvalue weighted by Gasteiger charge is -2.33. The van der Waals surface area contributed by atoms with Crippen LogP contribution in [-0.4, -0.2) is 40.3 Å². The number of carbonyl (C=O) groups is 1. The van der Waals surface area contributed by atoms with E-state index in [4.69, 9.17) is 21.1 Å². The predicted molar refractivity (Wildman–Crippen MR) is 99.3 cm³/mol. The number of halogens is 1. The highest BCUT2D eigenvalue weighted by molar-refractivity contribution is 6.31. The molecule has 1 aromatic rings. The number of rotatable bonds is 4. The molecular weight excluding hydrogens is 352 g/mol. The molecule has 0 unspecified atom stereocenters. The van der Waals surface area contributed by atoms with E-state index in [1.165, 1.54) is 18.4 Å². The van der Waals surface area contributed by atoms with E-state index >= 15 is 0 Å². The number of nitrogens with zero attached hydrogens (tertiary/aromatic N) is 2. The molecule has 5 nitrogen and oxygen atoms in total. The number of fused-ring (bicyclic) bond motifs is 2. The van der Waals surface area contributed by atoms with Gasteiger partial charge in [0.15, 0.2) is 0 Å². The topological polar surface area (TPSA) is 51.7 Å². The lowest BCUT2D eigenvalue weighted by molar-refractivity contribution is -0.0225. The molecule has 6 heteroatoms. The molecule has 3 fully saturated rings. The Balaban J connectivity index is 1.31. The molecule has 1 aliphatic heterocycles. The van der Waals surface area contributed by atoms with Gasteiger partial charge in [-0.2, -0.15) is 0 Å². The maximum Gasteiger partial charge on any atom is 0.410 e. The van der Waals surface area contributed by atoms with Crippen molar-refractivity contribution < 1.29 is 14.3 Å². The highest BCUT2D eigenvalue weighted by Crippen LogP contribution is 2.43. The molecule has 2 heterocycles. The zero-order chi connectivity index (χ0) is 18.5. The van der Waals surface area contributed by atoms with Gasteiger partial charge in [-0.25, -0.2) is 4.79 Å². The Morgan fingerprint density at radius 1 is 1.35 bits per heavy atom. The summed E-state index contributed by atoms with van der Waals surface area (Å²) in [5.41, 5.74) is 1.71. The minimum absolute atomic E-state index is 0.195. The van der Waals surface area contributed by atoms with Crippen LogP contribution in [-0.2, 0) is 16.1 Å². The molecule has 26 heavy (non-hydrogen) atoms. The summed E-state index contributed by atoms with van der Waals surface area (Å²) in [6.07, 6.45) is 6.07.